The lowest BCUT2D eigenvalue weighted by Gasteiger charge is -2.11. The van der Waals surface area contributed by atoms with Crippen LogP contribution >= 0.6 is 0 Å². The molecule has 0 bridgehead atoms. The fourth-order valence-electron chi connectivity index (χ4n) is 3.21. The summed E-state index contributed by atoms with van der Waals surface area (Å²) in [4.78, 5) is 12.1. The first-order valence-corrected chi connectivity index (χ1v) is 10.6. The van der Waals surface area contributed by atoms with Crippen LogP contribution in [0, 0.1) is 6.92 Å². The molecule has 1 N–H and O–H groups in total. The number of ether oxygens (including phenoxy) is 3. The van der Waals surface area contributed by atoms with Crippen molar-refractivity contribution in [2.45, 2.75) is 30.7 Å². The van der Waals surface area contributed by atoms with Crippen LogP contribution in [0.15, 0.2) is 29.6 Å². The standard InChI is InChI=1S/C20H23N3O4S/c1-13-17(21-6-4-18(13)26-8-3-7-25-2)12-28(24)20-22-15-10-14-5-9-27-19(14)11-16(15)23-20/h4,6,10-11H,3,5,7-9,12H2,1-2H3,(H,22,23). The Balaban J connectivity index is 1.50. The third-order valence-corrected chi connectivity index (χ3v) is 5.92. The van der Waals surface area contributed by atoms with Gasteiger partial charge in [0.2, 0.25) is 0 Å². The van der Waals surface area contributed by atoms with Crippen LogP contribution in [-0.4, -0.2) is 46.1 Å². The van der Waals surface area contributed by atoms with Gasteiger partial charge in [0, 0.05) is 44.4 Å². The smallest absolute Gasteiger partial charge is 0.197 e. The highest BCUT2D eigenvalue weighted by Gasteiger charge is 2.18. The van der Waals surface area contributed by atoms with Crippen molar-refractivity contribution in [1.29, 1.82) is 0 Å². The van der Waals surface area contributed by atoms with E-state index in [4.69, 9.17) is 14.2 Å². The summed E-state index contributed by atoms with van der Waals surface area (Å²) in [5, 5.41) is 0.450. The fraction of sp³-hybridized carbons (Fsp3) is 0.400. The van der Waals surface area contributed by atoms with Crippen LogP contribution in [-0.2, 0) is 27.7 Å². The minimum atomic E-state index is -1.34. The number of hydrogen-bond acceptors (Lipinski definition) is 6. The molecule has 0 saturated heterocycles. The predicted molar refractivity (Wildman–Crippen MR) is 106 cm³/mol. The average molecular weight is 401 g/mol. The molecule has 1 aliphatic rings. The molecule has 0 saturated carbocycles. The Bertz CT molecular complexity index is 977. The molecule has 7 nitrogen and oxygen atoms in total. The van der Waals surface area contributed by atoms with Gasteiger partial charge in [-0.15, -0.1) is 0 Å². The highest BCUT2D eigenvalue weighted by atomic mass is 32.2. The first-order chi connectivity index (χ1) is 13.7. The molecular formula is C20H23N3O4S. The van der Waals surface area contributed by atoms with Gasteiger partial charge in [0.15, 0.2) is 5.16 Å². The molecule has 3 heterocycles. The molecule has 4 rings (SSSR count). The molecule has 0 amide bonds. The molecule has 1 atom stereocenters. The number of pyridine rings is 1. The van der Waals surface area contributed by atoms with Gasteiger partial charge in [-0.05, 0) is 24.6 Å². The Morgan fingerprint density at radius 3 is 3.07 bits per heavy atom. The van der Waals surface area contributed by atoms with Crippen molar-refractivity contribution in [3.05, 3.63) is 41.2 Å². The summed E-state index contributed by atoms with van der Waals surface area (Å²) in [6.07, 6.45) is 3.39. The molecule has 8 heteroatoms. The van der Waals surface area contributed by atoms with Gasteiger partial charge in [-0.3, -0.25) is 9.19 Å². The number of methoxy groups -OCH3 is 1. The van der Waals surface area contributed by atoms with E-state index >= 15 is 0 Å². The lowest BCUT2D eigenvalue weighted by molar-refractivity contribution is 0.172. The van der Waals surface area contributed by atoms with E-state index < -0.39 is 10.8 Å². The summed E-state index contributed by atoms with van der Waals surface area (Å²) >= 11 is 0. The molecule has 0 fully saturated rings. The zero-order chi connectivity index (χ0) is 19.5. The number of benzene rings is 1. The Morgan fingerprint density at radius 2 is 2.21 bits per heavy atom. The van der Waals surface area contributed by atoms with Crippen LogP contribution in [0.1, 0.15) is 23.2 Å². The van der Waals surface area contributed by atoms with Crippen LogP contribution in [0.4, 0.5) is 0 Å². The zero-order valence-electron chi connectivity index (χ0n) is 16.0. The zero-order valence-corrected chi connectivity index (χ0v) is 16.8. The molecule has 3 aromatic rings. The minimum Gasteiger partial charge on any atom is -0.493 e. The topological polar surface area (TPSA) is 86.3 Å². The van der Waals surface area contributed by atoms with E-state index in [0.29, 0.717) is 25.0 Å². The average Bonchev–Trinajstić information content (AvgIpc) is 3.31. The summed E-state index contributed by atoms with van der Waals surface area (Å²) in [5.74, 6) is 1.90. The highest BCUT2D eigenvalue weighted by molar-refractivity contribution is 7.84. The lowest BCUT2D eigenvalue weighted by atomic mass is 10.1. The van der Waals surface area contributed by atoms with Gasteiger partial charge in [-0.2, -0.15) is 0 Å². The number of aromatic nitrogens is 3. The van der Waals surface area contributed by atoms with Crippen molar-refractivity contribution in [1.82, 2.24) is 15.0 Å². The van der Waals surface area contributed by atoms with Crippen LogP contribution < -0.4 is 9.47 Å². The van der Waals surface area contributed by atoms with Crippen molar-refractivity contribution in [2.24, 2.45) is 0 Å². The number of nitrogens with zero attached hydrogens (tertiary/aromatic N) is 2. The Hall–Kier alpha value is -2.45. The number of fused-ring (bicyclic) bond motifs is 2. The second-order valence-electron chi connectivity index (χ2n) is 6.68. The molecule has 1 unspecified atom stereocenters. The Morgan fingerprint density at radius 1 is 1.32 bits per heavy atom. The van der Waals surface area contributed by atoms with Crippen molar-refractivity contribution in [3.8, 4) is 11.5 Å². The van der Waals surface area contributed by atoms with E-state index in [1.807, 2.05) is 25.1 Å². The largest absolute Gasteiger partial charge is 0.493 e. The third kappa shape index (κ3) is 3.88. The van der Waals surface area contributed by atoms with Crippen molar-refractivity contribution >= 4 is 21.8 Å². The maximum atomic E-state index is 12.9. The monoisotopic (exact) mass is 401 g/mol. The van der Waals surface area contributed by atoms with Gasteiger partial charge in [0.25, 0.3) is 0 Å². The first kappa shape index (κ1) is 18.9. The number of H-pyrrole nitrogens is 1. The molecule has 1 aromatic carbocycles. The third-order valence-electron chi connectivity index (χ3n) is 4.76. The molecular weight excluding hydrogens is 378 g/mol. The van der Waals surface area contributed by atoms with Crippen LogP contribution in [0.2, 0.25) is 0 Å². The van der Waals surface area contributed by atoms with Crippen molar-refractivity contribution in [3.63, 3.8) is 0 Å². The molecule has 0 spiro atoms. The Kier molecular flexibility index (Phi) is 5.59. The van der Waals surface area contributed by atoms with E-state index in [1.54, 1.807) is 13.3 Å². The SMILES string of the molecule is COCCCOc1ccnc(CS(=O)c2nc3cc4c(cc3[nH]2)CCO4)c1C. The Labute approximate surface area is 165 Å². The quantitative estimate of drug-likeness (QED) is 0.584. The maximum Gasteiger partial charge on any atom is 0.197 e. The normalized spacial score (nSPS) is 14.1. The summed E-state index contributed by atoms with van der Waals surface area (Å²) in [6, 6.07) is 5.77. The van der Waals surface area contributed by atoms with Crippen LogP contribution in [0.25, 0.3) is 11.0 Å². The molecule has 1 aliphatic heterocycles. The minimum absolute atomic E-state index is 0.275. The molecule has 148 valence electrons. The predicted octanol–water partition coefficient (Wildman–Crippen LogP) is 2.92. The van der Waals surface area contributed by atoms with E-state index in [1.165, 1.54) is 0 Å². The molecule has 0 radical (unpaired) electrons. The first-order valence-electron chi connectivity index (χ1n) is 9.25. The highest BCUT2D eigenvalue weighted by Crippen LogP contribution is 2.30. The van der Waals surface area contributed by atoms with Gasteiger partial charge < -0.3 is 19.2 Å². The van der Waals surface area contributed by atoms with Crippen LogP contribution in [0.3, 0.4) is 0 Å². The summed E-state index contributed by atoms with van der Waals surface area (Å²) in [5.41, 5.74) is 4.45. The summed E-state index contributed by atoms with van der Waals surface area (Å²) in [7, 11) is 0.333. The van der Waals surface area contributed by atoms with Gasteiger partial charge in [-0.25, -0.2) is 4.98 Å². The van der Waals surface area contributed by atoms with E-state index in [0.717, 1.165) is 52.2 Å². The molecule has 2 aromatic heterocycles. The molecule has 0 aliphatic carbocycles. The maximum absolute atomic E-state index is 12.9. The second-order valence-corrected chi connectivity index (χ2v) is 8.05. The van der Waals surface area contributed by atoms with E-state index in [9.17, 15) is 4.21 Å². The van der Waals surface area contributed by atoms with Gasteiger partial charge in [0.1, 0.15) is 11.5 Å². The van der Waals surface area contributed by atoms with E-state index in [-0.39, 0.29) is 5.75 Å². The van der Waals surface area contributed by atoms with Gasteiger partial charge in [0.05, 0.1) is 46.5 Å². The number of hydrogen-bond donors (Lipinski definition) is 1. The summed E-state index contributed by atoms with van der Waals surface area (Å²) in [6.45, 7) is 3.86. The summed E-state index contributed by atoms with van der Waals surface area (Å²) < 4.78 is 29.3. The van der Waals surface area contributed by atoms with Crippen molar-refractivity contribution in [2.75, 3.05) is 26.9 Å². The van der Waals surface area contributed by atoms with Gasteiger partial charge in [-0.1, -0.05) is 0 Å². The number of nitrogens with one attached hydrogen (secondary N) is 1. The second kappa shape index (κ2) is 8.28. The molecule has 28 heavy (non-hydrogen) atoms. The number of rotatable bonds is 8. The van der Waals surface area contributed by atoms with Crippen LogP contribution in [0.5, 0.6) is 11.5 Å². The fourth-order valence-corrected chi connectivity index (χ4v) is 4.31. The number of imidazole rings is 1. The van der Waals surface area contributed by atoms with E-state index in [2.05, 4.69) is 15.0 Å². The number of aromatic amines is 1. The van der Waals surface area contributed by atoms with Crippen molar-refractivity contribution < 1.29 is 18.4 Å². The van der Waals surface area contributed by atoms with Gasteiger partial charge >= 0.3 is 0 Å². The lowest BCUT2D eigenvalue weighted by Crippen LogP contribution is -2.06.